The third-order valence-electron chi connectivity index (χ3n) is 6.08. The lowest BCUT2D eigenvalue weighted by atomic mass is 9.81. The van der Waals surface area contributed by atoms with Gasteiger partial charge in [0.25, 0.3) is 0 Å². The molecule has 1 fully saturated rings. The van der Waals surface area contributed by atoms with Crippen molar-refractivity contribution in [2.45, 2.75) is 71.8 Å². The van der Waals surface area contributed by atoms with Gasteiger partial charge in [0.2, 0.25) is 0 Å². The third kappa shape index (κ3) is 8.79. The third-order valence-corrected chi connectivity index (χ3v) is 6.08. The zero-order valence-electron chi connectivity index (χ0n) is 17.9. The predicted octanol–water partition coefficient (Wildman–Crippen LogP) is 4.83. The molecule has 0 aromatic carbocycles. The molecule has 0 aromatic heterocycles. The molecule has 0 saturated heterocycles. The van der Waals surface area contributed by atoms with E-state index in [0.717, 1.165) is 30.3 Å². The molecule has 150 valence electrons. The molecule has 0 radical (unpaired) electrons. The summed E-state index contributed by atoms with van der Waals surface area (Å²) in [6.07, 6.45) is 20.0. The number of nitriles is 1. The second-order valence-electron chi connectivity index (χ2n) is 8.42. The Morgan fingerprint density at radius 1 is 1.37 bits per heavy atom. The fourth-order valence-electron chi connectivity index (χ4n) is 4.14. The molecule has 1 aliphatic rings. The summed E-state index contributed by atoms with van der Waals surface area (Å²) in [4.78, 5) is 0. The Morgan fingerprint density at radius 3 is 2.78 bits per heavy atom. The van der Waals surface area contributed by atoms with E-state index in [0.29, 0.717) is 19.1 Å². The Bertz CT molecular complexity index is 563. The Hall–Kier alpha value is -1.55. The lowest BCUT2D eigenvalue weighted by molar-refractivity contribution is 0.276. The molecular formula is C24H39N3. The molecule has 0 bridgehead atoms. The van der Waals surface area contributed by atoms with Crippen molar-refractivity contribution in [1.82, 2.24) is 10.6 Å². The summed E-state index contributed by atoms with van der Waals surface area (Å²) < 4.78 is 0. The highest BCUT2D eigenvalue weighted by Crippen LogP contribution is 2.33. The lowest BCUT2D eigenvalue weighted by Crippen LogP contribution is -2.32. The minimum Gasteiger partial charge on any atom is -0.317 e. The van der Waals surface area contributed by atoms with Gasteiger partial charge in [-0.15, -0.1) is 6.42 Å². The molecule has 3 heteroatoms. The van der Waals surface area contributed by atoms with Crippen molar-refractivity contribution in [3.63, 3.8) is 0 Å². The molecular weight excluding hydrogens is 330 g/mol. The Balaban J connectivity index is 2.43. The van der Waals surface area contributed by atoms with Crippen LogP contribution in [0.15, 0.2) is 23.8 Å². The molecule has 1 aliphatic carbocycles. The number of rotatable bonds is 10. The Kier molecular flexibility index (Phi) is 11.1. The smallest absolute Gasteiger partial charge is 0.0700 e. The van der Waals surface area contributed by atoms with E-state index < -0.39 is 0 Å². The monoisotopic (exact) mass is 369 g/mol. The average molecular weight is 370 g/mol. The van der Waals surface area contributed by atoms with Gasteiger partial charge in [0.05, 0.1) is 11.5 Å². The van der Waals surface area contributed by atoms with Crippen LogP contribution in [0, 0.1) is 40.9 Å². The first kappa shape index (κ1) is 23.5. The summed E-state index contributed by atoms with van der Waals surface area (Å²) in [5.41, 5.74) is 0.585. The Labute approximate surface area is 167 Å². The predicted molar refractivity (Wildman–Crippen MR) is 116 cm³/mol. The van der Waals surface area contributed by atoms with Crippen molar-refractivity contribution in [2.75, 3.05) is 20.1 Å². The second-order valence-corrected chi connectivity index (χ2v) is 8.42. The number of terminal acetylenes is 1. The van der Waals surface area contributed by atoms with Crippen LogP contribution in [0.4, 0.5) is 0 Å². The van der Waals surface area contributed by atoms with Crippen molar-refractivity contribution in [1.29, 1.82) is 5.26 Å². The van der Waals surface area contributed by atoms with E-state index in [4.69, 9.17) is 6.42 Å². The highest BCUT2D eigenvalue weighted by molar-refractivity contribution is 5.30. The summed E-state index contributed by atoms with van der Waals surface area (Å²) in [5.74, 6) is 4.28. The standard InChI is InChI=1S/C24H39N3/c1-6-8-11-21(7-2)17-27-19-24(4,18-25)15-10-13-22-12-9-14-23(26-5)16-20(22)3/h2,6,8,11,20,22-23,26-27H,9-10,12-17,19H2,1,3-5H3/b8-6-,21-11+. The number of nitrogens with one attached hydrogen (secondary N) is 2. The van der Waals surface area contributed by atoms with Gasteiger partial charge in [-0.05, 0) is 58.1 Å². The number of hydrogen-bond donors (Lipinski definition) is 2. The SMILES string of the molecule is C#C/C(=C\C=C/C)CNCC(C)(C#N)CCCC1CCCC(NC)CC1C. The molecule has 0 aromatic rings. The van der Waals surface area contributed by atoms with Crippen LogP contribution >= 0.6 is 0 Å². The largest absolute Gasteiger partial charge is 0.317 e. The molecule has 0 heterocycles. The molecule has 0 spiro atoms. The maximum atomic E-state index is 9.69. The van der Waals surface area contributed by atoms with Gasteiger partial charge in [-0.1, -0.05) is 50.7 Å². The number of hydrogen-bond acceptors (Lipinski definition) is 3. The van der Waals surface area contributed by atoms with Crippen LogP contribution in [0.5, 0.6) is 0 Å². The van der Waals surface area contributed by atoms with Gasteiger partial charge >= 0.3 is 0 Å². The first-order valence-electron chi connectivity index (χ1n) is 10.6. The summed E-state index contributed by atoms with van der Waals surface area (Å²) in [5, 5.41) is 16.5. The van der Waals surface area contributed by atoms with Crippen LogP contribution in [0.2, 0.25) is 0 Å². The van der Waals surface area contributed by atoms with Crippen molar-refractivity contribution < 1.29 is 0 Å². The first-order chi connectivity index (χ1) is 13.0. The van der Waals surface area contributed by atoms with E-state index in [1.807, 2.05) is 25.2 Å². The maximum Gasteiger partial charge on any atom is 0.0700 e. The molecule has 3 nitrogen and oxygen atoms in total. The van der Waals surface area contributed by atoms with Crippen molar-refractivity contribution in [3.8, 4) is 18.4 Å². The van der Waals surface area contributed by atoms with E-state index in [1.165, 1.54) is 32.1 Å². The molecule has 1 rings (SSSR count). The summed E-state index contributed by atoms with van der Waals surface area (Å²) in [6.45, 7) is 7.77. The topological polar surface area (TPSA) is 47.9 Å². The molecule has 4 atom stereocenters. The minimum absolute atomic E-state index is 0.332. The quantitative estimate of drug-likeness (QED) is 0.329. The summed E-state index contributed by atoms with van der Waals surface area (Å²) in [7, 11) is 2.09. The van der Waals surface area contributed by atoms with Gasteiger partial charge in [-0.2, -0.15) is 5.26 Å². The zero-order chi connectivity index (χ0) is 20.1. The second kappa shape index (κ2) is 12.8. The highest BCUT2D eigenvalue weighted by Gasteiger charge is 2.27. The Morgan fingerprint density at radius 2 is 2.15 bits per heavy atom. The van der Waals surface area contributed by atoms with E-state index >= 15 is 0 Å². The molecule has 0 aliphatic heterocycles. The van der Waals surface area contributed by atoms with Crippen LogP contribution in [0.1, 0.15) is 65.7 Å². The average Bonchev–Trinajstić information content (AvgIpc) is 2.85. The minimum atomic E-state index is -0.332. The van der Waals surface area contributed by atoms with Gasteiger partial charge < -0.3 is 10.6 Å². The van der Waals surface area contributed by atoms with E-state index in [2.05, 4.69) is 43.5 Å². The summed E-state index contributed by atoms with van der Waals surface area (Å²) >= 11 is 0. The molecule has 0 amide bonds. The molecule has 1 saturated carbocycles. The van der Waals surface area contributed by atoms with Gasteiger partial charge in [0, 0.05) is 24.7 Å². The lowest BCUT2D eigenvalue weighted by Gasteiger charge is -2.26. The molecule has 4 unspecified atom stereocenters. The maximum absolute atomic E-state index is 9.69. The van der Waals surface area contributed by atoms with Crippen molar-refractivity contribution in [2.24, 2.45) is 17.3 Å². The van der Waals surface area contributed by atoms with E-state index in [1.54, 1.807) is 0 Å². The zero-order valence-corrected chi connectivity index (χ0v) is 17.9. The van der Waals surface area contributed by atoms with E-state index in [9.17, 15) is 5.26 Å². The van der Waals surface area contributed by atoms with Crippen LogP contribution < -0.4 is 10.6 Å². The fraction of sp³-hybridized carbons (Fsp3) is 0.708. The number of allylic oxidation sites excluding steroid dienone is 3. The van der Waals surface area contributed by atoms with Crippen molar-refractivity contribution in [3.05, 3.63) is 23.8 Å². The van der Waals surface area contributed by atoms with Crippen LogP contribution in [-0.4, -0.2) is 26.2 Å². The molecule has 2 N–H and O–H groups in total. The van der Waals surface area contributed by atoms with Crippen molar-refractivity contribution >= 4 is 0 Å². The van der Waals surface area contributed by atoms with Gasteiger partial charge in [0.15, 0.2) is 0 Å². The number of nitrogens with zero attached hydrogens (tertiary/aromatic N) is 1. The first-order valence-corrected chi connectivity index (χ1v) is 10.6. The highest BCUT2D eigenvalue weighted by atomic mass is 14.9. The normalized spacial score (nSPS) is 26.1. The summed E-state index contributed by atoms with van der Waals surface area (Å²) in [6, 6.07) is 3.21. The molecule has 27 heavy (non-hydrogen) atoms. The van der Waals surface area contributed by atoms with Crippen LogP contribution in [0.3, 0.4) is 0 Å². The van der Waals surface area contributed by atoms with Crippen LogP contribution in [0.25, 0.3) is 0 Å². The van der Waals surface area contributed by atoms with E-state index in [-0.39, 0.29) is 5.41 Å². The van der Waals surface area contributed by atoms with Crippen LogP contribution in [-0.2, 0) is 0 Å². The van der Waals surface area contributed by atoms with Gasteiger partial charge in [-0.3, -0.25) is 0 Å². The van der Waals surface area contributed by atoms with Gasteiger partial charge in [0.1, 0.15) is 0 Å². The fourth-order valence-corrected chi connectivity index (χ4v) is 4.14. The van der Waals surface area contributed by atoms with Gasteiger partial charge in [-0.25, -0.2) is 0 Å².